The highest BCUT2D eigenvalue weighted by Crippen LogP contribution is 2.08. The summed E-state index contributed by atoms with van der Waals surface area (Å²) in [5.41, 5.74) is 0. The second-order valence-electron chi connectivity index (χ2n) is 1.23. The van der Waals surface area contributed by atoms with Crippen LogP contribution in [0.3, 0.4) is 0 Å². The molecular weight excluding hydrogens is 76.1 g/mol. The molecule has 0 bridgehead atoms. The Morgan fingerprint density at radius 3 is 2.83 bits per heavy atom. The molecule has 1 rings (SSSR count). The van der Waals surface area contributed by atoms with Gasteiger partial charge in [0.05, 0.1) is 12.0 Å². The summed E-state index contributed by atoms with van der Waals surface area (Å²) in [6.07, 6.45) is 4.48. The Labute approximate surface area is 36.9 Å². The van der Waals surface area contributed by atoms with Crippen LogP contribution in [0.2, 0.25) is 0 Å². The van der Waals surface area contributed by atoms with Gasteiger partial charge in [0.2, 0.25) is 0 Å². The normalized spacial score (nSPS) is 18.3. The van der Waals surface area contributed by atoms with Gasteiger partial charge in [-0.2, -0.15) is 0 Å². The van der Waals surface area contributed by atoms with Crippen molar-refractivity contribution in [1.29, 1.82) is 0 Å². The first kappa shape index (κ1) is 3.47. The lowest BCUT2D eigenvalue weighted by molar-refractivity contribution is 0.369. The summed E-state index contributed by atoms with van der Waals surface area (Å²) in [5.74, 6) is 0.843. The van der Waals surface area contributed by atoms with Crippen molar-refractivity contribution in [2.24, 2.45) is 0 Å². The molecule has 0 unspecified atom stereocenters. The van der Waals surface area contributed by atoms with Gasteiger partial charge in [0.1, 0.15) is 0 Å². The van der Waals surface area contributed by atoms with Gasteiger partial charge in [-0.1, -0.05) is 6.58 Å². The number of ether oxygens (including phenoxy) is 1. The third-order valence-corrected chi connectivity index (χ3v) is 0.676. The molecule has 0 aliphatic carbocycles. The van der Waals surface area contributed by atoms with Crippen LogP contribution in [0.5, 0.6) is 0 Å². The molecule has 1 heterocycles. The molecule has 6 heavy (non-hydrogen) atoms. The van der Waals surface area contributed by atoms with Crippen LogP contribution >= 0.6 is 0 Å². The van der Waals surface area contributed by atoms with Crippen LogP contribution in [0.1, 0.15) is 6.42 Å². The minimum Gasteiger partial charge on any atom is -0.470 e. The van der Waals surface area contributed by atoms with Gasteiger partial charge < -0.3 is 4.74 Å². The van der Waals surface area contributed by atoms with Crippen molar-refractivity contribution in [3.8, 4) is 0 Å². The fraction of sp³-hybridized carbons (Fsp3) is 0.200. The second-order valence-corrected chi connectivity index (χ2v) is 1.23. The predicted octanol–water partition coefficient (Wildman–Crippen LogP) is 1.43. The zero-order chi connectivity index (χ0) is 4.41. The van der Waals surface area contributed by atoms with E-state index in [0.29, 0.717) is 0 Å². The van der Waals surface area contributed by atoms with Crippen LogP contribution in [-0.4, -0.2) is 0 Å². The van der Waals surface area contributed by atoms with Crippen molar-refractivity contribution in [2.45, 2.75) is 6.42 Å². The molecule has 32 valence electrons. The molecular formula is C5H6O. The minimum atomic E-state index is 0.843. The largest absolute Gasteiger partial charge is 0.470 e. The summed E-state index contributed by atoms with van der Waals surface area (Å²) in [5, 5.41) is 0. The second kappa shape index (κ2) is 1.17. The van der Waals surface area contributed by atoms with Gasteiger partial charge in [0.15, 0.2) is 0 Å². The Morgan fingerprint density at radius 2 is 2.67 bits per heavy atom. The van der Waals surface area contributed by atoms with Crippen molar-refractivity contribution in [3.05, 3.63) is 24.7 Å². The average molecular weight is 82.1 g/mol. The average Bonchev–Trinajstić information content (AvgIpc) is 1.86. The Bertz CT molecular complexity index is 82.1. The van der Waals surface area contributed by atoms with E-state index in [1.54, 1.807) is 6.26 Å². The quantitative estimate of drug-likeness (QED) is 0.429. The number of rotatable bonds is 0. The molecule has 0 radical (unpaired) electrons. The first-order chi connectivity index (χ1) is 2.89. The van der Waals surface area contributed by atoms with E-state index in [1.165, 1.54) is 0 Å². The van der Waals surface area contributed by atoms with Gasteiger partial charge in [0.25, 0.3) is 0 Å². The smallest absolute Gasteiger partial charge is 0.0999 e. The summed E-state index contributed by atoms with van der Waals surface area (Å²) in [6.45, 7) is 3.57. The molecule has 1 aliphatic heterocycles. The first-order valence-corrected chi connectivity index (χ1v) is 1.89. The van der Waals surface area contributed by atoms with E-state index < -0.39 is 0 Å². The molecule has 0 amide bonds. The van der Waals surface area contributed by atoms with Crippen LogP contribution in [0, 0.1) is 0 Å². The molecule has 0 aromatic carbocycles. The molecule has 0 atom stereocenters. The van der Waals surface area contributed by atoms with Crippen molar-refractivity contribution in [1.82, 2.24) is 0 Å². The van der Waals surface area contributed by atoms with Crippen molar-refractivity contribution in [2.75, 3.05) is 0 Å². The molecule has 0 spiro atoms. The maximum Gasteiger partial charge on any atom is 0.0999 e. The fourth-order valence-electron chi connectivity index (χ4n) is 0.372. The van der Waals surface area contributed by atoms with Crippen LogP contribution in [0.15, 0.2) is 24.7 Å². The van der Waals surface area contributed by atoms with Gasteiger partial charge in [-0.15, -0.1) is 0 Å². The topological polar surface area (TPSA) is 9.23 Å². The van der Waals surface area contributed by atoms with Crippen LogP contribution in [0.25, 0.3) is 0 Å². The molecule has 0 aromatic rings. The maximum atomic E-state index is 4.78. The lowest BCUT2D eigenvalue weighted by Crippen LogP contribution is -1.66. The Kier molecular flexibility index (Phi) is 0.675. The SMILES string of the molecule is C=C1CC=CO1. The summed E-state index contributed by atoms with van der Waals surface area (Å²) in [7, 11) is 0. The number of hydrogen-bond donors (Lipinski definition) is 0. The Morgan fingerprint density at radius 1 is 1.83 bits per heavy atom. The highest BCUT2D eigenvalue weighted by molar-refractivity contribution is 5.00. The lowest BCUT2D eigenvalue weighted by atomic mass is 10.4. The third-order valence-electron chi connectivity index (χ3n) is 0.676. The van der Waals surface area contributed by atoms with E-state index in [2.05, 4.69) is 6.58 Å². The van der Waals surface area contributed by atoms with E-state index in [1.807, 2.05) is 6.08 Å². The van der Waals surface area contributed by atoms with Gasteiger partial charge in [-0.05, 0) is 6.08 Å². The monoisotopic (exact) mass is 82.0 g/mol. The summed E-state index contributed by atoms with van der Waals surface area (Å²) in [6, 6.07) is 0. The molecule has 0 saturated carbocycles. The maximum absolute atomic E-state index is 4.78. The van der Waals surface area contributed by atoms with E-state index in [9.17, 15) is 0 Å². The van der Waals surface area contributed by atoms with E-state index in [-0.39, 0.29) is 0 Å². The van der Waals surface area contributed by atoms with Crippen LogP contribution in [0.4, 0.5) is 0 Å². The molecule has 0 aromatic heterocycles. The van der Waals surface area contributed by atoms with Gasteiger partial charge in [0, 0.05) is 6.42 Å². The molecule has 1 aliphatic rings. The highest BCUT2D eigenvalue weighted by atomic mass is 16.5. The highest BCUT2D eigenvalue weighted by Gasteiger charge is 1.92. The fourth-order valence-corrected chi connectivity index (χ4v) is 0.372. The zero-order valence-electron chi connectivity index (χ0n) is 3.48. The molecule has 1 nitrogen and oxygen atoms in total. The zero-order valence-corrected chi connectivity index (χ0v) is 3.48. The first-order valence-electron chi connectivity index (χ1n) is 1.89. The standard InChI is InChI=1S/C5H6O/c1-5-3-2-4-6-5/h2,4H,1,3H2. The van der Waals surface area contributed by atoms with E-state index in [4.69, 9.17) is 4.74 Å². The predicted molar refractivity (Wildman–Crippen MR) is 24.0 cm³/mol. The molecule has 1 heteroatoms. The van der Waals surface area contributed by atoms with Crippen molar-refractivity contribution < 1.29 is 4.74 Å². The van der Waals surface area contributed by atoms with Gasteiger partial charge in [-0.25, -0.2) is 0 Å². The van der Waals surface area contributed by atoms with E-state index >= 15 is 0 Å². The summed E-state index contributed by atoms with van der Waals surface area (Å²) < 4.78 is 4.78. The number of allylic oxidation sites excluding steroid dienone is 1. The van der Waals surface area contributed by atoms with Gasteiger partial charge in [-0.3, -0.25) is 0 Å². The minimum absolute atomic E-state index is 0.843. The van der Waals surface area contributed by atoms with Crippen LogP contribution in [-0.2, 0) is 4.74 Å². The van der Waals surface area contributed by atoms with Crippen LogP contribution < -0.4 is 0 Å². The molecule has 0 saturated heterocycles. The Hall–Kier alpha value is -0.720. The molecule has 0 N–H and O–H groups in total. The lowest BCUT2D eigenvalue weighted by Gasteiger charge is -1.86. The summed E-state index contributed by atoms with van der Waals surface area (Å²) >= 11 is 0. The third kappa shape index (κ3) is 0.432. The van der Waals surface area contributed by atoms with Crippen molar-refractivity contribution in [3.63, 3.8) is 0 Å². The summed E-state index contributed by atoms with van der Waals surface area (Å²) in [4.78, 5) is 0. The van der Waals surface area contributed by atoms with Crippen molar-refractivity contribution >= 4 is 0 Å². The van der Waals surface area contributed by atoms with Gasteiger partial charge >= 0.3 is 0 Å². The number of hydrogen-bond acceptors (Lipinski definition) is 1. The Balaban J connectivity index is 2.52. The van der Waals surface area contributed by atoms with E-state index in [0.717, 1.165) is 12.2 Å². The molecule has 0 fully saturated rings.